The van der Waals surface area contributed by atoms with Gasteiger partial charge in [0.15, 0.2) is 5.13 Å². The first-order chi connectivity index (χ1) is 14.7. The van der Waals surface area contributed by atoms with E-state index in [0.29, 0.717) is 15.9 Å². The number of anilines is 2. The molecule has 1 aromatic heterocycles. The average Bonchev–Trinajstić information content (AvgIpc) is 3.02. The molecular formula is C19H13F3N4O4S. The van der Waals surface area contributed by atoms with Crippen molar-refractivity contribution in [1.82, 2.24) is 10.3 Å². The predicted molar refractivity (Wildman–Crippen MR) is 106 cm³/mol. The van der Waals surface area contributed by atoms with Gasteiger partial charge in [0.1, 0.15) is 11.8 Å². The molecule has 0 aliphatic carbocycles. The van der Waals surface area contributed by atoms with Crippen LogP contribution in [-0.2, 0) is 9.59 Å². The molecule has 160 valence electrons. The summed E-state index contributed by atoms with van der Waals surface area (Å²) in [5.41, 5.74) is 0.989. The fraction of sp³-hybridized carbons (Fsp3) is 0.158. The van der Waals surface area contributed by atoms with Gasteiger partial charge in [-0.15, -0.1) is 13.2 Å². The first-order valence-electron chi connectivity index (χ1n) is 8.85. The molecule has 4 rings (SSSR count). The van der Waals surface area contributed by atoms with E-state index in [2.05, 4.69) is 25.7 Å². The Labute approximate surface area is 176 Å². The second-order valence-electron chi connectivity index (χ2n) is 6.51. The topological polar surface area (TPSA) is 109 Å². The predicted octanol–water partition coefficient (Wildman–Crippen LogP) is 3.27. The summed E-state index contributed by atoms with van der Waals surface area (Å²) in [4.78, 5) is 41.2. The minimum atomic E-state index is -4.82. The van der Waals surface area contributed by atoms with Crippen LogP contribution in [0.5, 0.6) is 5.75 Å². The normalized spacial score (nSPS) is 16.2. The highest BCUT2D eigenvalue weighted by atomic mass is 32.1. The molecule has 1 aliphatic rings. The van der Waals surface area contributed by atoms with Crippen LogP contribution < -0.4 is 20.7 Å². The van der Waals surface area contributed by atoms with Gasteiger partial charge in [-0.1, -0.05) is 23.5 Å². The summed E-state index contributed by atoms with van der Waals surface area (Å²) in [5.74, 6) is -2.05. The van der Waals surface area contributed by atoms with E-state index in [9.17, 15) is 27.6 Å². The lowest BCUT2D eigenvalue weighted by Gasteiger charge is -2.13. The smallest absolute Gasteiger partial charge is 0.406 e. The van der Waals surface area contributed by atoms with E-state index < -0.39 is 35.9 Å². The Balaban J connectivity index is 1.44. The lowest BCUT2D eigenvalue weighted by molar-refractivity contribution is -0.274. The van der Waals surface area contributed by atoms with Crippen molar-refractivity contribution in [3.63, 3.8) is 0 Å². The second kappa shape index (κ2) is 7.87. The Kier molecular flexibility index (Phi) is 5.23. The average molecular weight is 450 g/mol. The molecule has 0 saturated heterocycles. The fourth-order valence-electron chi connectivity index (χ4n) is 2.97. The summed E-state index contributed by atoms with van der Waals surface area (Å²) in [5, 5.41) is 7.73. The summed E-state index contributed by atoms with van der Waals surface area (Å²) in [6, 6.07) is 8.93. The highest BCUT2D eigenvalue weighted by Gasteiger charge is 2.31. The zero-order chi connectivity index (χ0) is 22.2. The van der Waals surface area contributed by atoms with E-state index in [1.807, 2.05) is 0 Å². The van der Waals surface area contributed by atoms with Crippen LogP contribution in [0.2, 0.25) is 0 Å². The van der Waals surface area contributed by atoms with Crippen molar-refractivity contribution in [3.05, 3.63) is 48.0 Å². The van der Waals surface area contributed by atoms with Gasteiger partial charge in [0.05, 0.1) is 27.9 Å². The number of rotatable bonds is 4. The third kappa shape index (κ3) is 4.74. The largest absolute Gasteiger partial charge is 0.573 e. The van der Waals surface area contributed by atoms with E-state index >= 15 is 0 Å². The number of hydrogen-bond donors (Lipinski definition) is 3. The molecule has 0 spiro atoms. The zero-order valence-corrected chi connectivity index (χ0v) is 16.3. The van der Waals surface area contributed by atoms with Crippen molar-refractivity contribution < 1.29 is 32.3 Å². The van der Waals surface area contributed by atoms with Gasteiger partial charge in [-0.05, 0) is 24.3 Å². The molecule has 1 atom stereocenters. The van der Waals surface area contributed by atoms with E-state index in [-0.39, 0.29) is 17.1 Å². The van der Waals surface area contributed by atoms with Crippen LogP contribution in [0.3, 0.4) is 0 Å². The number of para-hydroxylation sites is 1. The first-order valence-corrected chi connectivity index (χ1v) is 9.66. The molecular weight excluding hydrogens is 437 g/mol. The standard InChI is InChI=1S/C19H13F3N4O4S/c20-19(21,22)30-9-5-6-12-14(7-9)31-18(25-12)26-15(27)8-13-17(29)23-11-4-2-1-3-10(11)16(28)24-13/h1-7,13H,8H2,(H,23,29)(H,24,28)(H,25,26,27)/t13-/m1/s1. The van der Waals surface area contributed by atoms with Crippen molar-refractivity contribution in [3.8, 4) is 5.75 Å². The Morgan fingerprint density at radius 3 is 2.74 bits per heavy atom. The minimum absolute atomic E-state index is 0.132. The number of nitrogens with one attached hydrogen (secondary N) is 3. The van der Waals surface area contributed by atoms with Gasteiger partial charge in [0.25, 0.3) is 5.91 Å². The van der Waals surface area contributed by atoms with Crippen LogP contribution in [0.15, 0.2) is 42.5 Å². The molecule has 1 aliphatic heterocycles. The number of ether oxygens (including phenoxy) is 1. The number of benzene rings is 2. The summed E-state index contributed by atoms with van der Waals surface area (Å²) in [7, 11) is 0. The van der Waals surface area contributed by atoms with Crippen LogP contribution in [0.25, 0.3) is 10.2 Å². The van der Waals surface area contributed by atoms with Crippen LogP contribution in [0.1, 0.15) is 16.8 Å². The zero-order valence-electron chi connectivity index (χ0n) is 15.4. The molecule has 3 aromatic rings. The highest BCUT2D eigenvalue weighted by Crippen LogP contribution is 2.31. The van der Waals surface area contributed by atoms with E-state index in [4.69, 9.17) is 0 Å². The third-order valence-corrected chi connectivity index (χ3v) is 5.21. The van der Waals surface area contributed by atoms with Gasteiger partial charge in [-0.3, -0.25) is 14.4 Å². The fourth-order valence-corrected chi connectivity index (χ4v) is 3.88. The van der Waals surface area contributed by atoms with Crippen LogP contribution in [0.4, 0.5) is 24.0 Å². The molecule has 31 heavy (non-hydrogen) atoms. The SMILES string of the molecule is O=C(C[C@H]1NC(=O)c2ccccc2NC1=O)Nc1nc2ccc(OC(F)(F)F)cc2s1. The minimum Gasteiger partial charge on any atom is -0.406 e. The van der Waals surface area contributed by atoms with Crippen LogP contribution in [0, 0.1) is 0 Å². The molecule has 3 amide bonds. The van der Waals surface area contributed by atoms with Gasteiger partial charge < -0.3 is 20.7 Å². The number of nitrogens with zero attached hydrogens (tertiary/aromatic N) is 1. The molecule has 0 radical (unpaired) electrons. The third-order valence-electron chi connectivity index (χ3n) is 4.28. The van der Waals surface area contributed by atoms with Gasteiger partial charge in [0, 0.05) is 6.07 Å². The van der Waals surface area contributed by atoms with E-state index in [1.165, 1.54) is 6.07 Å². The number of carbonyl (C=O) groups excluding carboxylic acids is 3. The number of halogens is 3. The van der Waals surface area contributed by atoms with Gasteiger partial charge in [-0.2, -0.15) is 0 Å². The molecule has 0 saturated carbocycles. The lowest BCUT2D eigenvalue weighted by Crippen LogP contribution is -2.43. The number of hydrogen-bond acceptors (Lipinski definition) is 6. The number of aromatic nitrogens is 1. The van der Waals surface area contributed by atoms with E-state index in [1.54, 1.807) is 24.3 Å². The van der Waals surface area contributed by atoms with Gasteiger partial charge in [-0.25, -0.2) is 4.98 Å². The maximum absolute atomic E-state index is 12.4. The van der Waals surface area contributed by atoms with E-state index in [0.717, 1.165) is 23.5 Å². The molecule has 0 fully saturated rings. The molecule has 2 aromatic carbocycles. The number of alkyl halides is 3. The Hall–Kier alpha value is -3.67. The van der Waals surface area contributed by atoms with Crippen molar-refractivity contribution in [1.29, 1.82) is 0 Å². The quantitative estimate of drug-likeness (QED) is 0.565. The number of amides is 3. The lowest BCUT2D eigenvalue weighted by atomic mass is 10.1. The highest BCUT2D eigenvalue weighted by molar-refractivity contribution is 7.22. The summed E-state index contributed by atoms with van der Waals surface area (Å²) in [6.45, 7) is 0. The van der Waals surface area contributed by atoms with Crippen LogP contribution in [-0.4, -0.2) is 35.1 Å². The van der Waals surface area contributed by atoms with Gasteiger partial charge in [0.2, 0.25) is 11.8 Å². The van der Waals surface area contributed by atoms with Crippen molar-refractivity contribution >= 4 is 50.1 Å². The molecule has 2 heterocycles. The Morgan fingerprint density at radius 2 is 1.97 bits per heavy atom. The number of fused-ring (bicyclic) bond motifs is 2. The molecule has 12 heteroatoms. The Morgan fingerprint density at radius 1 is 1.19 bits per heavy atom. The summed E-state index contributed by atoms with van der Waals surface area (Å²) >= 11 is 0.945. The van der Waals surface area contributed by atoms with Crippen molar-refractivity contribution in [2.75, 3.05) is 10.6 Å². The van der Waals surface area contributed by atoms with Crippen molar-refractivity contribution in [2.45, 2.75) is 18.8 Å². The van der Waals surface area contributed by atoms with Crippen LogP contribution >= 0.6 is 11.3 Å². The monoisotopic (exact) mass is 450 g/mol. The maximum Gasteiger partial charge on any atom is 0.573 e. The summed E-state index contributed by atoms with van der Waals surface area (Å²) < 4.78 is 41.3. The molecule has 0 bridgehead atoms. The van der Waals surface area contributed by atoms with Gasteiger partial charge >= 0.3 is 6.36 Å². The molecule has 3 N–H and O–H groups in total. The Bertz CT molecular complexity index is 1190. The maximum atomic E-state index is 12.4. The summed E-state index contributed by atoms with van der Waals surface area (Å²) in [6.07, 6.45) is -5.18. The second-order valence-corrected chi connectivity index (χ2v) is 7.54. The molecule has 0 unspecified atom stereocenters. The molecule has 8 nitrogen and oxygen atoms in total. The van der Waals surface area contributed by atoms with Crippen molar-refractivity contribution in [2.24, 2.45) is 0 Å². The number of carbonyl (C=O) groups is 3. The first kappa shape index (κ1) is 20.6. The number of thiazole rings is 1.